The van der Waals surface area contributed by atoms with Crippen LogP contribution in [0.3, 0.4) is 0 Å². The van der Waals surface area contributed by atoms with E-state index < -0.39 is 0 Å². The first-order valence-electron chi connectivity index (χ1n) is 4.87. The predicted octanol–water partition coefficient (Wildman–Crippen LogP) is 0.433. The summed E-state index contributed by atoms with van der Waals surface area (Å²) in [6, 6.07) is 0. The zero-order chi connectivity index (χ0) is 10.8. The molecule has 0 aliphatic heterocycles. The van der Waals surface area contributed by atoms with E-state index in [9.17, 15) is 0 Å². The number of rotatable bonds is 3. The van der Waals surface area contributed by atoms with Crippen LogP contribution in [-0.2, 0) is 13.1 Å². The maximum absolute atomic E-state index is 5.70. The lowest BCUT2D eigenvalue weighted by Crippen LogP contribution is -2.04. The molecule has 2 aromatic heterocycles. The molecule has 80 valence electrons. The number of nitrogens with two attached hydrogens (primary N) is 1. The number of aromatic nitrogens is 5. The molecular weight excluding hydrogens is 192 g/mol. The minimum Gasteiger partial charge on any atom is -0.396 e. The summed E-state index contributed by atoms with van der Waals surface area (Å²) < 4.78 is 3.61. The highest BCUT2D eigenvalue weighted by Crippen LogP contribution is 2.09. The average Bonchev–Trinajstić information content (AvgIpc) is 2.80. The van der Waals surface area contributed by atoms with E-state index in [2.05, 4.69) is 15.4 Å². The zero-order valence-corrected chi connectivity index (χ0v) is 8.88. The van der Waals surface area contributed by atoms with Gasteiger partial charge in [0.2, 0.25) is 0 Å². The van der Waals surface area contributed by atoms with Crippen LogP contribution in [0.2, 0.25) is 0 Å². The molecule has 0 unspecified atom stereocenters. The molecule has 0 aliphatic rings. The van der Waals surface area contributed by atoms with Crippen molar-refractivity contribution in [3.63, 3.8) is 0 Å². The molecule has 0 atom stereocenters. The Morgan fingerprint density at radius 2 is 2.27 bits per heavy atom. The summed E-state index contributed by atoms with van der Waals surface area (Å²) in [7, 11) is 0. The molecule has 0 spiro atoms. The van der Waals surface area contributed by atoms with Crippen LogP contribution < -0.4 is 5.73 Å². The molecule has 2 rings (SSSR count). The average molecular weight is 206 g/mol. The largest absolute Gasteiger partial charge is 0.396 e. The van der Waals surface area contributed by atoms with Gasteiger partial charge < -0.3 is 5.73 Å². The minimum atomic E-state index is 0.614. The van der Waals surface area contributed by atoms with Gasteiger partial charge in [0.1, 0.15) is 5.69 Å². The van der Waals surface area contributed by atoms with Crippen molar-refractivity contribution >= 4 is 5.69 Å². The van der Waals surface area contributed by atoms with Crippen LogP contribution in [-0.4, -0.2) is 24.8 Å². The maximum atomic E-state index is 5.70. The van der Waals surface area contributed by atoms with Gasteiger partial charge in [0.25, 0.3) is 0 Å². The first-order chi connectivity index (χ1) is 7.20. The number of nitrogen functional groups attached to an aromatic ring is 1. The van der Waals surface area contributed by atoms with Crippen molar-refractivity contribution in [2.24, 2.45) is 0 Å². The van der Waals surface area contributed by atoms with Crippen molar-refractivity contribution in [3.8, 4) is 0 Å². The smallest absolute Gasteiger partial charge is 0.104 e. The second-order valence-corrected chi connectivity index (χ2v) is 3.41. The third-order valence-electron chi connectivity index (χ3n) is 2.36. The molecule has 0 saturated heterocycles. The Morgan fingerprint density at radius 1 is 1.47 bits per heavy atom. The molecule has 0 saturated carbocycles. The fourth-order valence-electron chi connectivity index (χ4n) is 1.34. The first kappa shape index (κ1) is 9.70. The van der Waals surface area contributed by atoms with Gasteiger partial charge in [-0.3, -0.25) is 9.36 Å². The van der Waals surface area contributed by atoms with Crippen molar-refractivity contribution in [1.29, 1.82) is 0 Å². The number of nitrogens with zero attached hydrogens (tertiary/aromatic N) is 5. The van der Waals surface area contributed by atoms with Crippen LogP contribution in [0.4, 0.5) is 5.69 Å². The van der Waals surface area contributed by atoms with Gasteiger partial charge in [-0.1, -0.05) is 5.21 Å². The van der Waals surface area contributed by atoms with Crippen molar-refractivity contribution in [2.45, 2.75) is 26.9 Å². The molecule has 0 bridgehead atoms. The summed E-state index contributed by atoms with van der Waals surface area (Å²) in [5.41, 5.74) is 8.26. The van der Waals surface area contributed by atoms with Crippen LogP contribution in [0.5, 0.6) is 0 Å². The van der Waals surface area contributed by atoms with Crippen molar-refractivity contribution in [2.75, 3.05) is 5.73 Å². The third kappa shape index (κ3) is 1.83. The van der Waals surface area contributed by atoms with Crippen LogP contribution in [0.15, 0.2) is 12.4 Å². The van der Waals surface area contributed by atoms with Crippen molar-refractivity contribution in [1.82, 2.24) is 24.8 Å². The molecule has 0 aromatic carbocycles. The molecule has 0 radical (unpaired) electrons. The Labute approximate surface area is 87.7 Å². The summed E-state index contributed by atoms with van der Waals surface area (Å²) in [4.78, 5) is 0. The molecule has 15 heavy (non-hydrogen) atoms. The number of anilines is 1. The fourth-order valence-corrected chi connectivity index (χ4v) is 1.34. The highest BCUT2D eigenvalue weighted by atomic mass is 15.4. The Hall–Kier alpha value is -1.85. The van der Waals surface area contributed by atoms with Gasteiger partial charge in [0.15, 0.2) is 0 Å². The van der Waals surface area contributed by atoms with Gasteiger partial charge in [-0.25, -0.2) is 0 Å². The van der Waals surface area contributed by atoms with E-state index in [4.69, 9.17) is 5.73 Å². The van der Waals surface area contributed by atoms with Crippen molar-refractivity contribution in [3.05, 3.63) is 23.8 Å². The summed E-state index contributed by atoms with van der Waals surface area (Å²) >= 11 is 0. The van der Waals surface area contributed by atoms with E-state index in [0.29, 0.717) is 12.2 Å². The Bertz CT molecular complexity index is 455. The van der Waals surface area contributed by atoms with Gasteiger partial charge in [-0.2, -0.15) is 5.10 Å². The molecule has 6 nitrogen and oxygen atoms in total. The van der Waals surface area contributed by atoms with Crippen LogP contribution in [0.1, 0.15) is 18.3 Å². The summed E-state index contributed by atoms with van der Waals surface area (Å²) in [6.45, 7) is 5.40. The maximum Gasteiger partial charge on any atom is 0.104 e. The topological polar surface area (TPSA) is 74.5 Å². The first-order valence-corrected chi connectivity index (χ1v) is 4.87. The normalized spacial score (nSPS) is 10.8. The molecule has 6 heteroatoms. The van der Waals surface area contributed by atoms with E-state index >= 15 is 0 Å². The van der Waals surface area contributed by atoms with E-state index in [1.807, 2.05) is 24.7 Å². The molecule has 0 fully saturated rings. The van der Waals surface area contributed by atoms with Gasteiger partial charge >= 0.3 is 0 Å². The Kier molecular flexibility index (Phi) is 2.40. The van der Waals surface area contributed by atoms with Gasteiger partial charge in [0, 0.05) is 6.54 Å². The molecule has 2 aromatic rings. The summed E-state index contributed by atoms with van der Waals surface area (Å²) in [5, 5.41) is 12.2. The summed E-state index contributed by atoms with van der Waals surface area (Å²) in [6.07, 6.45) is 3.57. The molecule has 2 heterocycles. The highest BCUT2D eigenvalue weighted by Gasteiger charge is 2.06. The minimum absolute atomic E-state index is 0.614. The van der Waals surface area contributed by atoms with Crippen LogP contribution in [0, 0.1) is 6.92 Å². The SMILES string of the molecule is CCn1cc(Cn2ncc(N)c2C)nn1. The fraction of sp³-hybridized carbons (Fsp3) is 0.444. The number of aryl methyl sites for hydroxylation is 1. The van der Waals surface area contributed by atoms with E-state index in [-0.39, 0.29) is 0 Å². The molecule has 0 aliphatic carbocycles. The van der Waals surface area contributed by atoms with E-state index in [1.54, 1.807) is 10.9 Å². The van der Waals surface area contributed by atoms with E-state index in [1.165, 1.54) is 0 Å². The zero-order valence-electron chi connectivity index (χ0n) is 8.88. The van der Waals surface area contributed by atoms with Gasteiger partial charge in [-0.05, 0) is 13.8 Å². The van der Waals surface area contributed by atoms with Gasteiger partial charge in [0.05, 0.1) is 30.3 Å². The van der Waals surface area contributed by atoms with Gasteiger partial charge in [-0.15, -0.1) is 5.10 Å². The van der Waals surface area contributed by atoms with E-state index in [0.717, 1.165) is 17.9 Å². The predicted molar refractivity (Wildman–Crippen MR) is 56.2 cm³/mol. The van der Waals surface area contributed by atoms with Crippen LogP contribution in [0.25, 0.3) is 0 Å². The second kappa shape index (κ2) is 3.72. The number of hydrogen-bond acceptors (Lipinski definition) is 4. The third-order valence-corrected chi connectivity index (χ3v) is 2.36. The Balaban J connectivity index is 2.18. The molecule has 2 N–H and O–H groups in total. The lowest BCUT2D eigenvalue weighted by atomic mass is 10.4. The highest BCUT2D eigenvalue weighted by molar-refractivity contribution is 5.39. The molecule has 0 amide bonds. The lowest BCUT2D eigenvalue weighted by molar-refractivity contribution is 0.624. The van der Waals surface area contributed by atoms with Crippen molar-refractivity contribution < 1.29 is 0 Å². The summed E-state index contributed by atoms with van der Waals surface area (Å²) in [5.74, 6) is 0. The lowest BCUT2D eigenvalue weighted by Gasteiger charge is -2.00. The standard InChI is InChI=1S/C9H14N6/c1-3-14-5-8(12-13-14)6-15-7(2)9(10)4-11-15/h4-5H,3,6,10H2,1-2H3. The second-order valence-electron chi connectivity index (χ2n) is 3.41. The Morgan fingerprint density at radius 3 is 2.80 bits per heavy atom. The monoisotopic (exact) mass is 206 g/mol. The van der Waals surface area contributed by atoms with Crippen LogP contribution >= 0.6 is 0 Å². The molecular formula is C9H14N6. The number of hydrogen-bond donors (Lipinski definition) is 1. The quantitative estimate of drug-likeness (QED) is 0.790.